The predicted octanol–water partition coefficient (Wildman–Crippen LogP) is 1.81. The van der Waals surface area contributed by atoms with Crippen molar-refractivity contribution in [2.75, 3.05) is 12.3 Å². The largest absolute Gasteiger partial charge is 0.325 e. The number of aryl methyl sites for hydroxylation is 1. The molecule has 0 spiro atoms. The van der Waals surface area contributed by atoms with Gasteiger partial charge in [-0.2, -0.15) is 0 Å². The summed E-state index contributed by atoms with van der Waals surface area (Å²) in [5, 5.41) is 3.56. The van der Waals surface area contributed by atoms with Gasteiger partial charge in [-0.1, -0.05) is 6.07 Å². The molecular formula is C13H17N3O2S. The second-order valence-corrected chi connectivity index (χ2v) is 6.15. The smallest absolute Gasteiger partial charge is 0.324 e. The van der Waals surface area contributed by atoms with Crippen molar-refractivity contribution in [1.29, 1.82) is 0 Å². The Hall–Kier alpha value is -1.56. The number of rotatable bonds is 4. The normalized spacial score (nSPS) is 17.7. The Morgan fingerprint density at radius 1 is 1.37 bits per heavy atom. The number of thioether (sulfide) groups is 1. The first-order chi connectivity index (χ1) is 8.90. The van der Waals surface area contributed by atoms with Crippen molar-refractivity contribution in [3.05, 3.63) is 23.9 Å². The van der Waals surface area contributed by atoms with Crippen LogP contribution in [0, 0.1) is 6.92 Å². The Kier molecular flexibility index (Phi) is 3.80. The third kappa shape index (κ3) is 3.07. The van der Waals surface area contributed by atoms with Crippen molar-refractivity contribution >= 4 is 23.7 Å². The molecule has 3 amide bonds. The van der Waals surface area contributed by atoms with E-state index in [2.05, 4.69) is 10.3 Å². The molecule has 1 aromatic heterocycles. The van der Waals surface area contributed by atoms with Crippen molar-refractivity contribution in [2.24, 2.45) is 0 Å². The molecule has 6 heteroatoms. The minimum absolute atomic E-state index is 0.171. The summed E-state index contributed by atoms with van der Waals surface area (Å²) >= 11 is 1.54. The zero-order chi connectivity index (χ0) is 14.0. The maximum atomic E-state index is 11.9. The van der Waals surface area contributed by atoms with Gasteiger partial charge in [0.25, 0.3) is 5.91 Å². The van der Waals surface area contributed by atoms with Crippen LogP contribution in [0.2, 0.25) is 0 Å². The number of hydrogen-bond donors (Lipinski definition) is 1. The van der Waals surface area contributed by atoms with E-state index in [0.717, 1.165) is 10.6 Å². The van der Waals surface area contributed by atoms with Crippen LogP contribution in [0.25, 0.3) is 0 Å². The molecule has 102 valence electrons. The van der Waals surface area contributed by atoms with Crippen LogP contribution in [-0.2, 0) is 4.79 Å². The van der Waals surface area contributed by atoms with E-state index in [-0.39, 0.29) is 11.9 Å². The molecular weight excluding hydrogens is 262 g/mol. The van der Waals surface area contributed by atoms with E-state index < -0.39 is 5.54 Å². The van der Waals surface area contributed by atoms with Crippen LogP contribution in [0.3, 0.4) is 0 Å². The van der Waals surface area contributed by atoms with Gasteiger partial charge in [0, 0.05) is 18.5 Å². The Morgan fingerprint density at radius 2 is 2.11 bits per heavy atom. The Bertz CT molecular complexity index is 499. The zero-order valence-corrected chi connectivity index (χ0v) is 12.1. The van der Waals surface area contributed by atoms with E-state index in [1.54, 1.807) is 20.0 Å². The van der Waals surface area contributed by atoms with Crippen molar-refractivity contribution in [1.82, 2.24) is 15.2 Å². The summed E-state index contributed by atoms with van der Waals surface area (Å²) in [6.07, 6.45) is 1.80. The number of carbonyl (C=O) groups excluding carboxylic acids is 2. The van der Waals surface area contributed by atoms with Crippen molar-refractivity contribution in [3.63, 3.8) is 0 Å². The third-order valence-corrected chi connectivity index (χ3v) is 3.82. The topological polar surface area (TPSA) is 62.3 Å². The molecule has 1 fully saturated rings. The summed E-state index contributed by atoms with van der Waals surface area (Å²) in [5.41, 5.74) is 0.323. The summed E-state index contributed by atoms with van der Waals surface area (Å²) in [5.74, 6) is 0.473. The van der Waals surface area contributed by atoms with Gasteiger partial charge in [-0.05, 0) is 32.4 Å². The fourth-order valence-corrected chi connectivity index (χ4v) is 2.58. The minimum atomic E-state index is -0.788. The van der Waals surface area contributed by atoms with Gasteiger partial charge in [-0.15, -0.1) is 11.8 Å². The highest BCUT2D eigenvalue weighted by molar-refractivity contribution is 7.99. The van der Waals surface area contributed by atoms with Gasteiger partial charge in [-0.25, -0.2) is 9.78 Å². The van der Waals surface area contributed by atoms with Gasteiger partial charge >= 0.3 is 6.03 Å². The Balaban J connectivity index is 1.88. The lowest BCUT2D eigenvalue weighted by molar-refractivity contribution is -0.130. The first-order valence-electron chi connectivity index (χ1n) is 6.10. The summed E-state index contributed by atoms with van der Waals surface area (Å²) in [7, 11) is 0. The summed E-state index contributed by atoms with van der Waals surface area (Å²) in [4.78, 5) is 29.1. The molecule has 0 bridgehead atoms. The minimum Gasteiger partial charge on any atom is -0.324 e. The standard InChI is InChI=1S/C13H17N3O2S/c1-9-4-5-10(14-8-9)19-7-6-16-11(17)13(2,3)15-12(16)18/h4-5,8H,6-7H2,1-3H3,(H,15,18). The number of imide groups is 1. The fourth-order valence-electron chi connectivity index (χ4n) is 1.80. The van der Waals surface area contributed by atoms with Crippen LogP contribution >= 0.6 is 11.8 Å². The molecule has 0 unspecified atom stereocenters. The number of nitrogens with zero attached hydrogens (tertiary/aromatic N) is 2. The van der Waals surface area contributed by atoms with Gasteiger partial charge < -0.3 is 5.32 Å². The number of nitrogens with one attached hydrogen (secondary N) is 1. The monoisotopic (exact) mass is 279 g/mol. The predicted molar refractivity (Wildman–Crippen MR) is 74.0 cm³/mol. The summed E-state index contributed by atoms with van der Waals surface area (Å²) in [6.45, 7) is 5.80. The fraction of sp³-hybridized carbons (Fsp3) is 0.462. The molecule has 0 atom stereocenters. The van der Waals surface area contributed by atoms with Crippen molar-refractivity contribution < 1.29 is 9.59 Å². The molecule has 2 rings (SSSR count). The maximum absolute atomic E-state index is 11.9. The highest BCUT2D eigenvalue weighted by Crippen LogP contribution is 2.19. The number of pyridine rings is 1. The van der Waals surface area contributed by atoms with Crippen molar-refractivity contribution in [3.8, 4) is 0 Å². The average molecular weight is 279 g/mol. The van der Waals surface area contributed by atoms with E-state index in [9.17, 15) is 9.59 Å². The molecule has 1 saturated heterocycles. The second kappa shape index (κ2) is 5.21. The van der Waals surface area contributed by atoms with Gasteiger partial charge in [0.1, 0.15) is 5.54 Å². The molecule has 0 aromatic carbocycles. The molecule has 1 aliphatic heterocycles. The van der Waals surface area contributed by atoms with Crippen LogP contribution in [0.15, 0.2) is 23.4 Å². The molecule has 0 radical (unpaired) electrons. The number of urea groups is 1. The molecule has 1 N–H and O–H groups in total. The number of aromatic nitrogens is 1. The first-order valence-corrected chi connectivity index (χ1v) is 7.08. The average Bonchev–Trinajstić information content (AvgIpc) is 2.53. The lowest BCUT2D eigenvalue weighted by Crippen LogP contribution is -2.40. The molecule has 1 aromatic rings. The van der Waals surface area contributed by atoms with Crippen molar-refractivity contribution in [2.45, 2.75) is 31.3 Å². The zero-order valence-electron chi connectivity index (χ0n) is 11.3. The molecule has 0 aliphatic carbocycles. The molecule has 2 heterocycles. The lowest BCUT2D eigenvalue weighted by Gasteiger charge is -2.15. The first kappa shape index (κ1) is 13.9. The van der Waals surface area contributed by atoms with E-state index in [1.165, 1.54) is 16.7 Å². The number of amides is 3. The van der Waals surface area contributed by atoms with E-state index in [1.807, 2.05) is 19.1 Å². The summed E-state index contributed by atoms with van der Waals surface area (Å²) < 4.78 is 0. The second-order valence-electron chi connectivity index (χ2n) is 5.03. The van der Waals surface area contributed by atoms with Gasteiger partial charge in [0.2, 0.25) is 0 Å². The quantitative estimate of drug-likeness (QED) is 0.674. The number of hydrogen-bond acceptors (Lipinski definition) is 4. The molecule has 0 saturated carbocycles. The van der Waals surface area contributed by atoms with Crippen LogP contribution in [0.4, 0.5) is 4.79 Å². The summed E-state index contributed by atoms with van der Waals surface area (Å²) in [6, 6.07) is 3.62. The van der Waals surface area contributed by atoms with Crippen LogP contribution < -0.4 is 5.32 Å². The lowest BCUT2D eigenvalue weighted by atomic mass is 10.1. The van der Waals surface area contributed by atoms with E-state index >= 15 is 0 Å². The number of carbonyl (C=O) groups is 2. The molecule has 1 aliphatic rings. The van der Waals surface area contributed by atoms with Gasteiger partial charge in [-0.3, -0.25) is 9.69 Å². The van der Waals surface area contributed by atoms with Gasteiger partial charge in [0.15, 0.2) is 0 Å². The molecule has 5 nitrogen and oxygen atoms in total. The van der Waals surface area contributed by atoms with Crippen LogP contribution in [0.1, 0.15) is 19.4 Å². The van der Waals surface area contributed by atoms with Crippen LogP contribution in [-0.4, -0.2) is 39.7 Å². The van der Waals surface area contributed by atoms with E-state index in [4.69, 9.17) is 0 Å². The highest BCUT2D eigenvalue weighted by atomic mass is 32.2. The maximum Gasteiger partial charge on any atom is 0.325 e. The van der Waals surface area contributed by atoms with E-state index in [0.29, 0.717) is 12.3 Å². The highest BCUT2D eigenvalue weighted by Gasteiger charge is 2.43. The third-order valence-electron chi connectivity index (χ3n) is 2.89. The van der Waals surface area contributed by atoms with Gasteiger partial charge in [0.05, 0.1) is 5.03 Å². The van der Waals surface area contributed by atoms with Crippen LogP contribution in [0.5, 0.6) is 0 Å². The Morgan fingerprint density at radius 3 is 2.63 bits per heavy atom. The SMILES string of the molecule is Cc1ccc(SCCN2C(=O)NC(C)(C)C2=O)nc1. The molecule has 19 heavy (non-hydrogen) atoms. The Labute approximate surface area is 116 Å².